The lowest BCUT2D eigenvalue weighted by atomic mass is 10.1. The number of amides is 2. The molecule has 0 heterocycles. The number of nitrogens with zero attached hydrogens (tertiary/aromatic N) is 1. The summed E-state index contributed by atoms with van der Waals surface area (Å²) in [4.78, 5) is 24.9. The molecule has 0 saturated heterocycles. The van der Waals surface area contributed by atoms with Crippen molar-refractivity contribution in [3.8, 4) is 0 Å². The van der Waals surface area contributed by atoms with Gasteiger partial charge in [-0.25, -0.2) is 0 Å². The summed E-state index contributed by atoms with van der Waals surface area (Å²) in [6.45, 7) is 6.75. The molecule has 0 aliphatic rings. The van der Waals surface area contributed by atoms with Gasteiger partial charge in [-0.15, -0.1) is 0 Å². The molecule has 21 heavy (non-hydrogen) atoms. The minimum atomic E-state index is -0.0268. The zero-order valence-corrected chi connectivity index (χ0v) is 13.3. The van der Waals surface area contributed by atoms with E-state index < -0.39 is 0 Å². The van der Waals surface area contributed by atoms with Gasteiger partial charge in [-0.1, -0.05) is 32.0 Å². The molecular weight excluding hydrogens is 266 g/mol. The van der Waals surface area contributed by atoms with Crippen molar-refractivity contribution < 1.29 is 9.59 Å². The molecule has 1 aromatic carbocycles. The largest absolute Gasteiger partial charge is 0.342 e. The molecule has 0 aromatic heterocycles. The maximum Gasteiger partial charge on any atom is 0.225 e. The zero-order valence-electron chi connectivity index (χ0n) is 13.3. The molecule has 0 atom stereocenters. The van der Waals surface area contributed by atoms with E-state index in [9.17, 15) is 9.59 Å². The summed E-state index contributed by atoms with van der Waals surface area (Å²) >= 11 is 0. The molecule has 0 spiro atoms. The molecular formula is C16H25N3O2. The lowest BCUT2D eigenvalue weighted by Crippen LogP contribution is -2.27. The van der Waals surface area contributed by atoms with Gasteiger partial charge in [0.2, 0.25) is 11.8 Å². The summed E-state index contributed by atoms with van der Waals surface area (Å²) in [5.41, 5.74) is 1.69. The Balaban J connectivity index is 2.62. The van der Waals surface area contributed by atoms with E-state index in [2.05, 4.69) is 10.6 Å². The van der Waals surface area contributed by atoms with Crippen LogP contribution >= 0.6 is 0 Å². The molecule has 1 rings (SSSR count). The molecule has 2 N–H and O–H groups in total. The van der Waals surface area contributed by atoms with Gasteiger partial charge in [0, 0.05) is 45.2 Å². The molecule has 0 bridgehead atoms. The highest BCUT2D eigenvalue weighted by Gasteiger charge is 2.10. The number of hydrogen-bond donors (Lipinski definition) is 2. The van der Waals surface area contributed by atoms with Gasteiger partial charge in [-0.2, -0.15) is 0 Å². The average Bonchev–Trinajstić information content (AvgIpc) is 2.40. The minimum absolute atomic E-state index is 0.00253. The van der Waals surface area contributed by atoms with E-state index in [1.807, 2.05) is 38.1 Å². The van der Waals surface area contributed by atoms with Crippen LogP contribution in [0.4, 0.5) is 5.69 Å². The number of rotatable bonds is 7. The Morgan fingerprint density at radius 3 is 2.52 bits per heavy atom. The predicted molar refractivity (Wildman–Crippen MR) is 85.0 cm³/mol. The van der Waals surface area contributed by atoms with Gasteiger partial charge in [-0.3, -0.25) is 9.59 Å². The maximum absolute atomic E-state index is 11.9. The second-order valence-electron chi connectivity index (χ2n) is 5.44. The molecule has 5 heteroatoms. The van der Waals surface area contributed by atoms with Crippen LogP contribution in [-0.2, 0) is 16.1 Å². The zero-order chi connectivity index (χ0) is 15.8. The minimum Gasteiger partial charge on any atom is -0.342 e. The van der Waals surface area contributed by atoms with Gasteiger partial charge in [0.05, 0.1) is 0 Å². The van der Waals surface area contributed by atoms with Crippen LogP contribution in [0.2, 0.25) is 0 Å². The molecule has 0 radical (unpaired) electrons. The highest BCUT2D eigenvalue weighted by atomic mass is 16.2. The fourth-order valence-corrected chi connectivity index (χ4v) is 1.83. The SMILES string of the molecule is CC(=O)N(C)Cc1ccccc1NC(=O)CCNC(C)C. The predicted octanol–water partition coefficient (Wildman–Crippen LogP) is 1.99. The second kappa shape index (κ2) is 8.42. The summed E-state index contributed by atoms with van der Waals surface area (Å²) in [5, 5.41) is 6.12. The van der Waals surface area contributed by atoms with Crippen molar-refractivity contribution >= 4 is 17.5 Å². The van der Waals surface area contributed by atoms with Gasteiger partial charge < -0.3 is 15.5 Å². The number of nitrogens with one attached hydrogen (secondary N) is 2. The van der Waals surface area contributed by atoms with Crippen LogP contribution in [-0.4, -0.2) is 36.3 Å². The van der Waals surface area contributed by atoms with Crippen LogP contribution < -0.4 is 10.6 Å². The van der Waals surface area contributed by atoms with E-state index in [4.69, 9.17) is 0 Å². The van der Waals surface area contributed by atoms with E-state index in [1.165, 1.54) is 6.92 Å². The Morgan fingerprint density at radius 1 is 1.24 bits per heavy atom. The standard InChI is InChI=1S/C16H25N3O2/c1-12(2)17-10-9-16(21)18-15-8-6-5-7-14(15)11-19(4)13(3)20/h5-8,12,17H,9-11H2,1-4H3,(H,18,21). The third-order valence-electron chi connectivity index (χ3n) is 3.14. The Labute approximate surface area is 126 Å². The molecule has 0 aliphatic heterocycles. The number of anilines is 1. The van der Waals surface area contributed by atoms with Crippen molar-refractivity contribution in [1.82, 2.24) is 10.2 Å². The van der Waals surface area contributed by atoms with E-state index >= 15 is 0 Å². The number of carbonyl (C=O) groups is 2. The van der Waals surface area contributed by atoms with Gasteiger partial charge in [0.1, 0.15) is 0 Å². The van der Waals surface area contributed by atoms with E-state index in [0.717, 1.165) is 11.3 Å². The Kier molecular flexibility index (Phi) is 6.88. The van der Waals surface area contributed by atoms with Gasteiger partial charge in [0.15, 0.2) is 0 Å². The first-order valence-electron chi connectivity index (χ1n) is 7.23. The summed E-state index contributed by atoms with van der Waals surface area (Å²) in [6.07, 6.45) is 0.426. The van der Waals surface area contributed by atoms with E-state index in [-0.39, 0.29) is 11.8 Å². The fourth-order valence-electron chi connectivity index (χ4n) is 1.83. The van der Waals surface area contributed by atoms with E-state index in [1.54, 1.807) is 11.9 Å². The summed E-state index contributed by atoms with van der Waals surface area (Å²) in [5.74, 6) is -0.0293. The monoisotopic (exact) mass is 291 g/mol. The average molecular weight is 291 g/mol. The second-order valence-corrected chi connectivity index (χ2v) is 5.44. The van der Waals surface area contributed by atoms with Crippen LogP contribution in [0.5, 0.6) is 0 Å². The summed E-state index contributed by atoms with van der Waals surface area (Å²) in [7, 11) is 1.74. The summed E-state index contributed by atoms with van der Waals surface area (Å²) in [6, 6.07) is 7.92. The third kappa shape index (κ3) is 6.40. The smallest absolute Gasteiger partial charge is 0.225 e. The highest BCUT2D eigenvalue weighted by Crippen LogP contribution is 2.17. The molecule has 0 saturated carbocycles. The van der Waals surface area contributed by atoms with Crippen molar-refractivity contribution in [2.75, 3.05) is 18.9 Å². The first kappa shape index (κ1) is 17.2. The fraction of sp³-hybridized carbons (Fsp3) is 0.500. The number of para-hydroxylation sites is 1. The topological polar surface area (TPSA) is 61.4 Å². The third-order valence-corrected chi connectivity index (χ3v) is 3.14. The number of benzene rings is 1. The molecule has 5 nitrogen and oxygen atoms in total. The van der Waals surface area contributed by atoms with Crippen molar-refractivity contribution in [3.05, 3.63) is 29.8 Å². The quantitative estimate of drug-likeness (QED) is 0.807. The van der Waals surface area contributed by atoms with Crippen LogP contribution in [0.25, 0.3) is 0 Å². The molecule has 1 aromatic rings. The van der Waals surface area contributed by atoms with Crippen molar-refractivity contribution in [3.63, 3.8) is 0 Å². The Morgan fingerprint density at radius 2 is 1.90 bits per heavy atom. The molecule has 0 aliphatic carbocycles. The Bertz CT molecular complexity index is 486. The number of hydrogen-bond acceptors (Lipinski definition) is 3. The van der Waals surface area contributed by atoms with Gasteiger partial charge in [-0.05, 0) is 11.6 Å². The van der Waals surface area contributed by atoms with Crippen LogP contribution in [0.1, 0.15) is 32.8 Å². The van der Waals surface area contributed by atoms with Crippen LogP contribution in [0, 0.1) is 0 Å². The van der Waals surface area contributed by atoms with Crippen molar-refractivity contribution in [2.45, 2.75) is 39.8 Å². The maximum atomic E-state index is 11.9. The molecule has 116 valence electrons. The summed E-state index contributed by atoms with van der Waals surface area (Å²) < 4.78 is 0. The van der Waals surface area contributed by atoms with Crippen LogP contribution in [0.3, 0.4) is 0 Å². The first-order valence-corrected chi connectivity index (χ1v) is 7.23. The molecule has 0 fully saturated rings. The van der Waals surface area contributed by atoms with Gasteiger partial charge >= 0.3 is 0 Å². The van der Waals surface area contributed by atoms with Crippen LogP contribution in [0.15, 0.2) is 24.3 Å². The lowest BCUT2D eigenvalue weighted by molar-refractivity contribution is -0.128. The van der Waals surface area contributed by atoms with Crippen molar-refractivity contribution in [1.29, 1.82) is 0 Å². The van der Waals surface area contributed by atoms with E-state index in [0.29, 0.717) is 25.6 Å². The van der Waals surface area contributed by atoms with Crippen molar-refractivity contribution in [2.24, 2.45) is 0 Å². The molecule has 2 amide bonds. The molecule has 0 unspecified atom stereocenters. The lowest BCUT2D eigenvalue weighted by Gasteiger charge is -2.18. The first-order chi connectivity index (χ1) is 9.90. The normalized spacial score (nSPS) is 10.5. The highest BCUT2D eigenvalue weighted by molar-refractivity contribution is 5.91. The Hall–Kier alpha value is -1.88. The van der Waals surface area contributed by atoms with Gasteiger partial charge in [0.25, 0.3) is 0 Å². The number of carbonyl (C=O) groups excluding carboxylic acids is 2.